The maximum Gasteiger partial charge on any atom is 0.124 e. The van der Waals surface area contributed by atoms with Crippen LogP contribution in [0.15, 0.2) is 18.2 Å². The van der Waals surface area contributed by atoms with Gasteiger partial charge in [0.25, 0.3) is 0 Å². The average molecular weight is 293 g/mol. The zero-order chi connectivity index (χ0) is 15.7. The fourth-order valence-electron chi connectivity index (χ4n) is 2.08. The van der Waals surface area contributed by atoms with Crippen molar-refractivity contribution in [3.63, 3.8) is 0 Å². The van der Waals surface area contributed by atoms with E-state index < -0.39 is 0 Å². The standard InChI is InChI=1S/C17H24FNO2/c1-4-14(2)19(9-11-21-3)13-16-7-8-17(18)12-15(16)6-5-10-20/h7-8,12,14,20H,4,9-11,13H2,1-3H3. The second kappa shape index (κ2) is 9.51. The van der Waals surface area contributed by atoms with E-state index >= 15 is 0 Å². The van der Waals surface area contributed by atoms with Gasteiger partial charge >= 0.3 is 0 Å². The highest BCUT2D eigenvalue weighted by Gasteiger charge is 2.14. The Morgan fingerprint density at radius 3 is 2.81 bits per heavy atom. The van der Waals surface area contributed by atoms with E-state index in [4.69, 9.17) is 9.84 Å². The molecule has 1 rings (SSSR count). The number of aliphatic hydroxyl groups excluding tert-OH is 1. The topological polar surface area (TPSA) is 32.7 Å². The zero-order valence-electron chi connectivity index (χ0n) is 13.0. The molecule has 21 heavy (non-hydrogen) atoms. The van der Waals surface area contributed by atoms with E-state index in [0.717, 1.165) is 18.5 Å². The van der Waals surface area contributed by atoms with Gasteiger partial charge in [0.05, 0.1) is 6.61 Å². The Kier molecular flexibility index (Phi) is 7.99. The van der Waals surface area contributed by atoms with E-state index in [1.165, 1.54) is 12.1 Å². The number of aliphatic hydroxyl groups is 1. The molecule has 0 aromatic heterocycles. The highest BCUT2D eigenvalue weighted by molar-refractivity contribution is 5.41. The molecule has 0 aliphatic heterocycles. The Bertz CT molecular complexity index is 493. The summed E-state index contributed by atoms with van der Waals surface area (Å²) in [7, 11) is 1.69. The number of hydrogen-bond acceptors (Lipinski definition) is 3. The van der Waals surface area contributed by atoms with E-state index in [1.54, 1.807) is 13.2 Å². The second-order valence-electron chi connectivity index (χ2n) is 4.98. The first-order valence-electron chi connectivity index (χ1n) is 7.23. The van der Waals surface area contributed by atoms with E-state index in [9.17, 15) is 4.39 Å². The van der Waals surface area contributed by atoms with Crippen LogP contribution in [0.1, 0.15) is 31.4 Å². The molecule has 4 heteroatoms. The van der Waals surface area contributed by atoms with Crippen LogP contribution in [0.4, 0.5) is 4.39 Å². The third-order valence-electron chi connectivity index (χ3n) is 3.54. The number of benzene rings is 1. The molecular weight excluding hydrogens is 269 g/mol. The molecule has 0 radical (unpaired) electrons. The summed E-state index contributed by atoms with van der Waals surface area (Å²) in [5, 5.41) is 8.82. The van der Waals surface area contributed by atoms with E-state index in [-0.39, 0.29) is 12.4 Å². The minimum atomic E-state index is -0.312. The number of methoxy groups -OCH3 is 1. The SMILES string of the molecule is CCC(C)N(CCOC)Cc1ccc(F)cc1C#CCO. The van der Waals surface area contributed by atoms with Crippen LogP contribution in [0.3, 0.4) is 0 Å². The first kappa shape index (κ1) is 17.6. The predicted molar refractivity (Wildman–Crippen MR) is 82.4 cm³/mol. The molecular formula is C17H24FNO2. The summed E-state index contributed by atoms with van der Waals surface area (Å²) in [5.74, 6) is 5.10. The van der Waals surface area contributed by atoms with Crippen molar-refractivity contribution in [3.8, 4) is 11.8 Å². The average Bonchev–Trinajstić information content (AvgIpc) is 2.50. The second-order valence-corrected chi connectivity index (χ2v) is 4.98. The third-order valence-corrected chi connectivity index (χ3v) is 3.54. The molecule has 0 bridgehead atoms. The Hall–Kier alpha value is -1.41. The Morgan fingerprint density at radius 2 is 2.19 bits per heavy atom. The number of halogens is 1. The first-order valence-corrected chi connectivity index (χ1v) is 7.23. The number of ether oxygens (including phenoxy) is 1. The molecule has 0 heterocycles. The van der Waals surface area contributed by atoms with Gasteiger partial charge in [0.1, 0.15) is 12.4 Å². The van der Waals surface area contributed by atoms with Crippen LogP contribution in [-0.4, -0.2) is 42.9 Å². The minimum absolute atomic E-state index is 0.227. The predicted octanol–water partition coefficient (Wildman–Crippen LogP) is 2.42. The molecule has 1 atom stereocenters. The summed E-state index contributed by atoms with van der Waals surface area (Å²) in [5.41, 5.74) is 1.60. The van der Waals surface area contributed by atoms with Crippen molar-refractivity contribution in [1.29, 1.82) is 0 Å². The summed E-state index contributed by atoms with van der Waals surface area (Å²) in [6.45, 7) is 6.24. The summed E-state index contributed by atoms with van der Waals surface area (Å²) in [4.78, 5) is 2.29. The minimum Gasteiger partial charge on any atom is -0.384 e. The van der Waals surface area contributed by atoms with Crippen LogP contribution in [0.2, 0.25) is 0 Å². The van der Waals surface area contributed by atoms with Crippen molar-refractivity contribution in [3.05, 3.63) is 35.1 Å². The lowest BCUT2D eigenvalue weighted by atomic mass is 10.1. The first-order chi connectivity index (χ1) is 10.1. The normalized spacial score (nSPS) is 12.1. The van der Waals surface area contributed by atoms with Crippen molar-refractivity contribution in [1.82, 2.24) is 4.90 Å². The Balaban J connectivity index is 2.96. The summed E-state index contributed by atoms with van der Waals surface area (Å²) < 4.78 is 18.5. The molecule has 3 nitrogen and oxygen atoms in total. The van der Waals surface area contributed by atoms with E-state index in [0.29, 0.717) is 24.8 Å². The lowest BCUT2D eigenvalue weighted by molar-refractivity contribution is 0.118. The molecule has 0 fully saturated rings. The van der Waals surface area contributed by atoms with E-state index in [1.807, 2.05) is 0 Å². The molecule has 0 aliphatic rings. The molecule has 0 saturated carbocycles. The molecule has 0 amide bonds. The molecule has 0 saturated heterocycles. The molecule has 1 aromatic rings. The summed E-state index contributed by atoms with van der Waals surface area (Å²) >= 11 is 0. The van der Waals surface area contributed by atoms with E-state index in [2.05, 4.69) is 30.6 Å². The van der Waals surface area contributed by atoms with Crippen LogP contribution >= 0.6 is 0 Å². The number of hydrogen-bond donors (Lipinski definition) is 1. The molecule has 0 spiro atoms. The fraction of sp³-hybridized carbons (Fsp3) is 0.529. The van der Waals surface area contributed by atoms with Crippen LogP contribution in [0.5, 0.6) is 0 Å². The molecule has 1 aromatic carbocycles. The van der Waals surface area contributed by atoms with Gasteiger partial charge < -0.3 is 9.84 Å². The highest BCUT2D eigenvalue weighted by atomic mass is 19.1. The van der Waals surface area contributed by atoms with Gasteiger partial charge in [-0.3, -0.25) is 4.90 Å². The van der Waals surface area contributed by atoms with Gasteiger partial charge in [-0.25, -0.2) is 4.39 Å². The van der Waals surface area contributed by atoms with Crippen molar-refractivity contribution >= 4 is 0 Å². The van der Waals surface area contributed by atoms with Crippen molar-refractivity contribution in [2.24, 2.45) is 0 Å². The molecule has 1 N–H and O–H groups in total. The zero-order valence-corrected chi connectivity index (χ0v) is 13.0. The van der Waals surface area contributed by atoms with Gasteiger partial charge in [0.15, 0.2) is 0 Å². The van der Waals surface area contributed by atoms with Crippen molar-refractivity contribution in [2.75, 3.05) is 26.9 Å². The lowest BCUT2D eigenvalue weighted by Gasteiger charge is -2.28. The fourth-order valence-corrected chi connectivity index (χ4v) is 2.08. The van der Waals surface area contributed by atoms with Crippen molar-refractivity contribution < 1.29 is 14.2 Å². The smallest absolute Gasteiger partial charge is 0.124 e. The van der Waals surface area contributed by atoms with Gasteiger partial charge in [-0.1, -0.05) is 24.8 Å². The Labute approximate surface area is 126 Å². The maximum absolute atomic E-state index is 13.4. The van der Waals surface area contributed by atoms with Gasteiger partial charge in [-0.2, -0.15) is 0 Å². The molecule has 116 valence electrons. The largest absolute Gasteiger partial charge is 0.384 e. The third kappa shape index (κ3) is 5.84. The summed E-state index contributed by atoms with van der Waals surface area (Å²) in [6, 6.07) is 5.04. The molecule has 0 aliphatic carbocycles. The highest BCUT2D eigenvalue weighted by Crippen LogP contribution is 2.16. The van der Waals surface area contributed by atoms with Crippen molar-refractivity contribution in [2.45, 2.75) is 32.9 Å². The van der Waals surface area contributed by atoms with Crippen LogP contribution in [0, 0.1) is 17.7 Å². The van der Waals surface area contributed by atoms with Gasteiger partial charge in [-0.15, -0.1) is 0 Å². The maximum atomic E-state index is 13.4. The monoisotopic (exact) mass is 293 g/mol. The quantitative estimate of drug-likeness (QED) is 0.784. The van der Waals surface area contributed by atoms with Gasteiger partial charge in [-0.05, 0) is 31.0 Å². The van der Waals surface area contributed by atoms with Crippen LogP contribution in [0.25, 0.3) is 0 Å². The lowest BCUT2D eigenvalue weighted by Crippen LogP contribution is -2.35. The Morgan fingerprint density at radius 1 is 1.43 bits per heavy atom. The van der Waals surface area contributed by atoms with Gasteiger partial charge in [0.2, 0.25) is 0 Å². The van der Waals surface area contributed by atoms with Gasteiger partial charge in [0, 0.05) is 31.8 Å². The molecule has 1 unspecified atom stereocenters. The summed E-state index contributed by atoms with van der Waals surface area (Å²) in [6.07, 6.45) is 1.03. The number of nitrogens with zero attached hydrogens (tertiary/aromatic N) is 1. The number of rotatable bonds is 7. The van der Waals surface area contributed by atoms with Crippen LogP contribution < -0.4 is 0 Å². The van der Waals surface area contributed by atoms with Crippen LogP contribution in [-0.2, 0) is 11.3 Å².